The van der Waals surface area contributed by atoms with Crippen LogP contribution in [0.5, 0.6) is 0 Å². The summed E-state index contributed by atoms with van der Waals surface area (Å²) in [4.78, 5) is 33.4. The number of carbonyl (C=O) groups excluding carboxylic acids is 2. The van der Waals surface area contributed by atoms with E-state index in [1.807, 2.05) is 82.3 Å². The molecule has 0 spiro atoms. The number of hydrogen-bond donors (Lipinski definition) is 2. The molecule has 280 valence electrons. The molecule has 0 aliphatic heterocycles. The number of aliphatic hydroxyl groups excluding tert-OH is 2. The number of hydrogen-bond acceptors (Lipinski definition) is 23. The van der Waals surface area contributed by atoms with Crippen molar-refractivity contribution in [3.63, 3.8) is 0 Å². The number of ether oxygens (including phenoxy) is 1. The normalized spacial score (nSPS) is 12.1. The van der Waals surface area contributed by atoms with Crippen molar-refractivity contribution >= 4 is 199 Å². The van der Waals surface area contributed by atoms with Gasteiger partial charge in [0.25, 0.3) is 0 Å². The molecule has 0 aliphatic carbocycles. The van der Waals surface area contributed by atoms with E-state index in [9.17, 15) is 14.1 Å². The maximum atomic E-state index is 12.2. The van der Waals surface area contributed by atoms with Crippen molar-refractivity contribution in [3.05, 3.63) is 0 Å². The van der Waals surface area contributed by atoms with Gasteiger partial charge in [0.1, 0.15) is 17.6 Å². The van der Waals surface area contributed by atoms with Gasteiger partial charge in [-0.15, -0.1) is 141 Å². The molecule has 2 N–H and O–H groups in total. The maximum absolute atomic E-state index is 12.2. The Labute approximate surface area is 348 Å². The predicted octanol–water partition coefficient (Wildman–Crippen LogP) is 8.10. The average molecular weight is 962 g/mol. The maximum Gasteiger partial charge on any atom is 0.316 e. The van der Waals surface area contributed by atoms with Gasteiger partial charge in [-0.1, -0.05) is 35.3 Å². The molecule has 0 radical (unpaired) electrons. The molecule has 0 aromatic carbocycles. The van der Waals surface area contributed by atoms with Crippen LogP contribution >= 0.6 is 176 Å². The minimum atomic E-state index is -0.776. The molecule has 1 unspecified atom stereocenters. The van der Waals surface area contributed by atoms with Crippen LogP contribution < -0.4 is 0 Å². The van der Waals surface area contributed by atoms with Crippen LogP contribution in [0.1, 0.15) is 0 Å². The third kappa shape index (κ3) is 44.8. The molecule has 0 rings (SSSR count). The average Bonchev–Trinajstić information content (AvgIpc) is 3.06. The van der Waals surface area contributed by atoms with Gasteiger partial charge in [-0.2, -0.15) is 0 Å². The third-order valence-electron chi connectivity index (χ3n) is 3.92. The topological polar surface area (TPSA) is 125 Å². The van der Waals surface area contributed by atoms with E-state index in [0.717, 1.165) is 79.9 Å². The molecule has 0 fully saturated rings. The summed E-state index contributed by atoms with van der Waals surface area (Å²) in [5.41, 5.74) is 0. The van der Waals surface area contributed by atoms with Gasteiger partial charge in [-0.25, -0.2) is 9.78 Å². The SMILES string of the molecule is O=C(CSCSCSCSCC[S+]([O-])CSCSCSCSCSC(=O)CSCSCSCSCCOOCSCO)OCSCO. The van der Waals surface area contributed by atoms with Crippen LogP contribution in [0.15, 0.2) is 0 Å². The van der Waals surface area contributed by atoms with Crippen molar-refractivity contribution in [2.24, 2.45) is 0 Å². The first-order valence-corrected chi connectivity index (χ1v) is 31.9. The molecule has 0 saturated heterocycles. The Balaban J connectivity index is 3.26. The number of carbonyl (C=O) groups is 2. The number of aliphatic hydroxyl groups is 2. The summed E-state index contributed by atoms with van der Waals surface area (Å²) in [7, 11) is 0. The van der Waals surface area contributed by atoms with E-state index in [4.69, 9.17) is 24.7 Å². The monoisotopic (exact) mass is 960 g/mol. The van der Waals surface area contributed by atoms with Crippen molar-refractivity contribution in [1.82, 2.24) is 0 Å². The Morgan fingerprint density at radius 1 is 0.553 bits per heavy atom. The lowest BCUT2D eigenvalue weighted by molar-refractivity contribution is -0.274. The standard InChI is InChI=1S/C23H44O8S16/c24-7-36-9-29-22(26)5-34-13-40-16-39-12-33-3-4-47(28)21-45-19-43-17-42-18-44-20-46-23(27)6-35-14-41-15-38-11-32-2-1-30-31-10-37-8-25/h24-25H,1-21H2. The molecule has 0 aromatic rings. The minimum absolute atomic E-state index is 0.0349. The minimum Gasteiger partial charge on any atom is -0.616 e. The molecule has 0 aliphatic rings. The van der Waals surface area contributed by atoms with Crippen molar-refractivity contribution < 1.29 is 38.9 Å². The lowest BCUT2D eigenvalue weighted by atomic mass is 10.8. The summed E-state index contributed by atoms with van der Waals surface area (Å²) in [6.07, 6.45) is 0. The number of rotatable bonds is 39. The smallest absolute Gasteiger partial charge is 0.316 e. The van der Waals surface area contributed by atoms with E-state index < -0.39 is 11.2 Å². The highest BCUT2D eigenvalue weighted by molar-refractivity contribution is 8.31. The first-order valence-electron chi connectivity index (χ1n) is 13.3. The molecular formula is C23H44O8S16. The Morgan fingerprint density at radius 2 is 1.06 bits per heavy atom. The molecule has 8 nitrogen and oxygen atoms in total. The summed E-state index contributed by atoms with van der Waals surface area (Å²) in [6, 6.07) is 0. The molecule has 1 atom stereocenters. The molecule has 0 heterocycles. The van der Waals surface area contributed by atoms with Gasteiger partial charge in [0, 0.05) is 62.4 Å². The first kappa shape index (κ1) is 51.5. The molecule has 47 heavy (non-hydrogen) atoms. The Morgan fingerprint density at radius 3 is 1.70 bits per heavy atom. The quantitative estimate of drug-likeness (QED) is 0.0154. The fourth-order valence-corrected chi connectivity index (χ4v) is 20.0. The van der Waals surface area contributed by atoms with Gasteiger partial charge in [0.05, 0.1) is 30.0 Å². The summed E-state index contributed by atoms with van der Waals surface area (Å²) < 4.78 is 17.1. The zero-order valence-electron chi connectivity index (χ0n) is 25.7. The van der Waals surface area contributed by atoms with Gasteiger partial charge in [-0.3, -0.25) is 9.59 Å². The lowest BCUT2D eigenvalue weighted by Crippen LogP contribution is -2.11. The van der Waals surface area contributed by atoms with Crippen LogP contribution in [0.3, 0.4) is 0 Å². The fraction of sp³-hybridized carbons (Fsp3) is 0.913. The lowest BCUT2D eigenvalue weighted by Gasteiger charge is -2.10. The zero-order chi connectivity index (χ0) is 34.3. The van der Waals surface area contributed by atoms with Crippen molar-refractivity contribution in [1.29, 1.82) is 0 Å². The van der Waals surface area contributed by atoms with Crippen LogP contribution in [-0.4, -0.2) is 141 Å². The van der Waals surface area contributed by atoms with Crippen LogP contribution in [0.4, 0.5) is 0 Å². The van der Waals surface area contributed by atoms with Gasteiger partial charge < -0.3 is 19.5 Å². The van der Waals surface area contributed by atoms with Crippen LogP contribution in [-0.2, 0) is 35.3 Å². The first-order chi connectivity index (χ1) is 23.1. The van der Waals surface area contributed by atoms with Crippen molar-refractivity contribution in [2.45, 2.75) is 0 Å². The summed E-state index contributed by atoms with van der Waals surface area (Å²) in [5, 5.41) is 27.7. The van der Waals surface area contributed by atoms with E-state index in [0.29, 0.717) is 29.1 Å². The van der Waals surface area contributed by atoms with E-state index in [1.165, 1.54) is 23.5 Å². The van der Waals surface area contributed by atoms with E-state index in [2.05, 4.69) is 0 Å². The van der Waals surface area contributed by atoms with Gasteiger partial charge >= 0.3 is 5.97 Å². The van der Waals surface area contributed by atoms with Crippen LogP contribution in [0, 0.1) is 0 Å². The number of thioether (sulfide) groups is 15. The molecule has 0 bridgehead atoms. The van der Waals surface area contributed by atoms with Gasteiger partial charge in [0.15, 0.2) is 10.2 Å². The van der Waals surface area contributed by atoms with Crippen molar-refractivity contribution in [2.75, 3.05) is 115 Å². The molecule has 0 saturated carbocycles. The summed E-state index contributed by atoms with van der Waals surface area (Å²) >= 11 is 24.6. The van der Waals surface area contributed by atoms with E-state index in [1.54, 1.807) is 58.8 Å². The van der Waals surface area contributed by atoms with E-state index >= 15 is 0 Å². The fourth-order valence-electron chi connectivity index (χ4n) is 2.07. The van der Waals surface area contributed by atoms with Gasteiger partial charge in [-0.05, 0) is 11.2 Å². The Kier molecular flexibility index (Phi) is 49.3. The zero-order valence-corrected chi connectivity index (χ0v) is 38.8. The second-order valence-corrected chi connectivity index (χ2v) is 28.0. The highest BCUT2D eigenvalue weighted by Gasteiger charge is 2.07. The van der Waals surface area contributed by atoms with Crippen molar-refractivity contribution in [3.8, 4) is 0 Å². The van der Waals surface area contributed by atoms with Crippen LogP contribution in [0.25, 0.3) is 0 Å². The second kappa shape index (κ2) is 44.9. The molecule has 0 aromatic heterocycles. The summed E-state index contributed by atoms with van der Waals surface area (Å²) in [5.74, 6) is 3.73. The largest absolute Gasteiger partial charge is 0.616 e. The Bertz CT molecular complexity index is 683. The predicted molar refractivity (Wildman–Crippen MR) is 242 cm³/mol. The second-order valence-electron chi connectivity index (χ2n) is 7.46. The molecular weight excluding hydrogens is 917 g/mol. The van der Waals surface area contributed by atoms with E-state index in [-0.39, 0.29) is 28.9 Å². The third-order valence-corrected chi connectivity index (χ3v) is 23.1. The highest BCUT2D eigenvalue weighted by atomic mass is 32.3. The Hall–Kier alpha value is 4.54. The number of esters is 1. The molecule has 0 amide bonds. The molecule has 24 heteroatoms. The summed E-state index contributed by atoms with van der Waals surface area (Å²) in [6.45, 7) is 0.543. The van der Waals surface area contributed by atoms with Gasteiger partial charge in [0.2, 0.25) is 0 Å². The highest BCUT2D eigenvalue weighted by Crippen LogP contribution is 2.26. The van der Waals surface area contributed by atoms with Crippen LogP contribution in [0.2, 0.25) is 0 Å².